The van der Waals surface area contributed by atoms with Gasteiger partial charge in [0.25, 0.3) is 0 Å². The summed E-state index contributed by atoms with van der Waals surface area (Å²) in [6.45, 7) is 0. The summed E-state index contributed by atoms with van der Waals surface area (Å²) in [5, 5.41) is 1.11. The van der Waals surface area contributed by atoms with Crippen molar-refractivity contribution in [1.29, 1.82) is 0 Å². The minimum atomic E-state index is -2.93. The average molecular weight is 285 g/mol. The van der Waals surface area contributed by atoms with Crippen molar-refractivity contribution < 1.29 is 8.42 Å². The van der Waals surface area contributed by atoms with Crippen LogP contribution in [0.15, 0.2) is 23.1 Å². The molecule has 1 aromatic carbocycles. The highest BCUT2D eigenvalue weighted by Gasteiger charge is 2.08. The summed E-state index contributed by atoms with van der Waals surface area (Å²) in [6.07, 6.45) is 1.21. The Morgan fingerprint density at radius 2 is 1.80 bits per heavy atom. The highest BCUT2D eigenvalue weighted by Crippen LogP contribution is 2.33. The standard InChI is InChI=1S/C9H10Cl2O2S2/c1-15(12,13)6-5-14-9-7(10)3-2-4-8(9)11/h2-4H,5-6H2,1H3. The molecule has 0 amide bonds. The van der Waals surface area contributed by atoms with Crippen LogP contribution in [0.3, 0.4) is 0 Å². The Balaban J connectivity index is 2.66. The maximum absolute atomic E-state index is 10.9. The first-order chi connectivity index (χ1) is 6.90. The fraction of sp³-hybridized carbons (Fsp3) is 0.333. The van der Waals surface area contributed by atoms with E-state index in [1.807, 2.05) is 0 Å². The lowest BCUT2D eigenvalue weighted by atomic mass is 10.4. The first-order valence-corrected chi connectivity index (χ1v) is 7.95. The Morgan fingerprint density at radius 3 is 2.27 bits per heavy atom. The van der Waals surface area contributed by atoms with E-state index < -0.39 is 9.84 Å². The van der Waals surface area contributed by atoms with E-state index in [-0.39, 0.29) is 5.75 Å². The van der Waals surface area contributed by atoms with Gasteiger partial charge >= 0.3 is 0 Å². The fourth-order valence-electron chi connectivity index (χ4n) is 0.916. The summed E-state index contributed by atoms with van der Waals surface area (Å²) < 4.78 is 21.8. The van der Waals surface area contributed by atoms with E-state index in [2.05, 4.69) is 0 Å². The van der Waals surface area contributed by atoms with Crippen molar-refractivity contribution in [3.8, 4) is 0 Å². The number of rotatable bonds is 4. The third kappa shape index (κ3) is 4.64. The van der Waals surface area contributed by atoms with Gasteiger partial charge in [0, 0.05) is 16.9 Å². The third-order valence-electron chi connectivity index (χ3n) is 1.62. The number of hydrogen-bond donors (Lipinski definition) is 0. The van der Waals surface area contributed by atoms with Gasteiger partial charge in [-0.25, -0.2) is 8.42 Å². The zero-order chi connectivity index (χ0) is 11.5. The Morgan fingerprint density at radius 1 is 1.27 bits per heavy atom. The molecule has 84 valence electrons. The van der Waals surface area contributed by atoms with Crippen molar-refractivity contribution in [2.75, 3.05) is 17.8 Å². The van der Waals surface area contributed by atoms with Crippen LogP contribution in [0.1, 0.15) is 0 Å². The summed E-state index contributed by atoms with van der Waals surface area (Å²) >= 11 is 13.2. The van der Waals surface area contributed by atoms with E-state index in [1.165, 1.54) is 18.0 Å². The Labute approximate surface area is 104 Å². The van der Waals surface area contributed by atoms with Gasteiger partial charge in [-0.1, -0.05) is 29.3 Å². The first-order valence-electron chi connectivity index (χ1n) is 4.15. The Hall–Kier alpha value is 0.1000. The van der Waals surface area contributed by atoms with Crippen LogP contribution in [-0.4, -0.2) is 26.2 Å². The Bertz CT molecular complexity index is 423. The van der Waals surface area contributed by atoms with Gasteiger partial charge < -0.3 is 0 Å². The molecule has 0 radical (unpaired) electrons. The van der Waals surface area contributed by atoms with Crippen molar-refractivity contribution >= 4 is 44.8 Å². The molecule has 0 saturated carbocycles. The molecular formula is C9H10Cl2O2S2. The van der Waals surface area contributed by atoms with Gasteiger partial charge in [-0.05, 0) is 12.1 Å². The zero-order valence-corrected chi connectivity index (χ0v) is 11.2. The van der Waals surface area contributed by atoms with Crippen LogP contribution in [0.5, 0.6) is 0 Å². The lowest BCUT2D eigenvalue weighted by molar-refractivity contribution is 0.603. The van der Waals surface area contributed by atoms with E-state index in [0.29, 0.717) is 15.8 Å². The number of benzene rings is 1. The molecule has 6 heteroatoms. The molecule has 2 nitrogen and oxygen atoms in total. The van der Waals surface area contributed by atoms with Gasteiger partial charge in [-0.2, -0.15) is 0 Å². The van der Waals surface area contributed by atoms with Gasteiger partial charge in [-0.3, -0.25) is 0 Å². The summed E-state index contributed by atoms with van der Waals surface area (Å²) in [6, 6.07) is 5.22. The van der Waals surface area contributed by atoms with E-state index in [1.54, 1.807) is 18.2 Å². The van der Waals surface area contributed by atoms with Gasteiger partial charge in [0.05, 0.1) is 15.8 Å². The SMILES string of the molecule is CS(=O)(=O)CCSc1c(Cl)cccc1Cl. The molecule has 0 saturated heterocycles. The molecule has 0 spiro atoms. The smallest absolute Gasteiger partial charge is 0.148 e. The van der Waals surface area contributed by atoms with Crippen molar-refractivity contribution in [2.24, 2.45) is 0 Å². The predicted octanol–water partition coefficient (Wildman–Crippen LogP) is 3.13. The van der Waals surface area contributed by atoms with E-state index >= 15 is 0 Å². The number of sulfone groups is 1. The number of halogens is 2. The molecule has 0 aliphatic rings. The van der Waals surface area contributed by atoms with Crippen LogP contribution in [0.4, 0.5) is 0 Å². The predicted molar refractivity (Wildman–Crippen MR) is 66.9 cm³/mol. The molecule has 0 fully saturated rings. The molecular weight excluding hydrogens is 275 g/mol. The molecule has 0 unspecified atom stereocenters. The van der Waals surface area contributed by atoms with Crippen molar-refractivity contribution in [3.05, 3.63) is 28.2 Å². The molecule has 0 bridgehead atoms. The summed E-state index contributed by atoms with van der Waals surface area (Å²) in [4.78, 5) is 0.740. The normalized spacial score (nSPS) is 11.7. The second kappa shape index (κ2) is 5.43. The summed E-state index contributed by atoms with van der Waals surface area (Å²) in [7, 11) is -2.93. The maximum Gasteiger partial charge on any atom is 0.148 e. The molecule has 15 heavy (non-hydrogen) atoms. The van der Waals surface area contributed by atoms with Crippen LogP contribution in [0.25, 0.3) is 0 Å². The van der Waals surface area contributed by atoms with Gasteiger partial charge in [-0.15, -0.1) is 11.8 Å². The lowest BCUT2D eigenvalue weighted by Gasteiger charge is -2.05. The molecule has 0 aliphatic carbocycles. The van der Waals surface area contributed by atoms with Crippen LogP contribution >= 0.6 is 35.0 Å². The van der Waals surface area contributed by atoms with Crippen molar-refractivity contribution in [2.45, 2.75) is 4.90 Å². The molecule has 0 aliphatic heterocycles. The quantitative estimate of drug-likeness (QED) is 0.797. The molecule has 1 aromatic rings. The summed E-state index contributed by atoms with van der Waals surface area (Å²) in [5.74, 6) is 0.585. The van der Waals surface area contributed by atoms with Gasteiger partial charge in [0.1, 0.15) is 9.84 Å². The monoisotopic (exact) mass is 284 g/mol. The van der Waals surface area contributed by atoms with Gasteiger partial charge in [0.2, 0.25) is 0 Å². The van der Waals surface area contributed by atoms with Gasteiger partial charge in [0.15, 0.2) is 0 Å². The molecule has 0 atom stereocenters. The van der Waals surface area contributed by atoms with Crippen molar-refractivity contribution in [3.63, 3.8) is 0 Å². The van der Waals surface area contributed by atoms with Crippen LogP contribution < -0.4 is 0 Å². The summed E-state index contributed by atoms with van der Waals surface area (Å²) in [5.41, 5.74) is 0. The molecule has 0 N–H and O–H groups in total. The largest absolute Gasteiger partial charge is 0.229 e. The van der Waals surface area contributed by atoms with Crippen LogP contribution in [0, 0.1) is 0 Å². The molecule has 0 aromatic heterocycles. The Kier molecular flexibility index (Phi) is 4.77. The number of thioether (sulfide) groups is 1. The third-order valence-corrected chi connectivity index (χ3v) is 4.81. The fourth-order valence-corrected chi connectivity index (χ4v) is 3.80. The minimum absolute atomic E-state index is 0.124. The lowest BCUT2D eigenvalue weighted by Crippen LogP contribution is -2.04. The zero-order valence-electron chi connectivity index (χ0n) is 8.04. The second-order valence-electron chi connectivity index (χ2n) is 3.03. The van der Waals surface area contributed by atoms with Crippen molar-refractivity contribution in [1.82, 2.24) is 0 Å². The second-order valence-corrected chi connectivity index (χ2v) is 7.21. The van der Waals surface area contributed by atoms with E-state index in [9.17, 15) is 8.42 Å². The van der Waals surface area contributed by atoms with Crippen LogP contribution in [0.2, 0.25) is 10.0 Å². The number of hydrogen-bond acceptors (Lipinski definition) is 3. The highest BCUT2D eigenvalue weighted by molar-refractivity contribution is 8.00. The minimum Gasteiger partial charge on any atom is -0.229 e. The van der Waals surface area contributed by atoms with Crippen LogP contribution in [-0.2, 0) is 9.84 Å². The average Bonchev–Trinajstić information content (AvgIpc) is 2.08. The van der Waals surface area contributed by atoms with E-state index in [4.69, 9.17) is 23.2 Å². The molecule has 1 rings (SSSR count). The maximum atomic E-state index is 10.9. The topological polar surface area (TPSA) is 34.1 Å². The highest BCUT2D eigenvalue weighted by atomic mass is 35.5. The molecule has 0 heterocycles. The first kappa shape index (κ1) is 13.2. The van der Waals surface area contributed by atoms with E-state index in [0.717, 1.165) is 4.90 Å².